The normalized spacial score (nSPS) is 12.3. The van der Waals surface area contributed by atoms with Gasteiger partial charge in [0.1, 0.15) is 19.3 Å². The van der Waals surface area contributed by atoms with Crippen molar-refractivity contribution in [2.75, 3.05) is 13.2 Å². The van der Waals surface area contributed by atoms with Gasteiger partial charge in [0.15, 0.2) is 0 Å². The molecule has 0 spiro atoms. The summed E-state index contributed by atoms with van der Waals surface area (Å²) in [6, 6.07) is 0. The van der Waals surface area contributed by atoms with Crippen LogP contribution in [0, 0.1) is 0 Å². The van der Waals surface area contributed by atoms with Gasteiger partial charge >= 0.3 is 29.8 Å². The first-order chi connectivity index (χ1) is 18.7. The molecule has 0 fully saturated rings. The van der Waals surface area contributed by atoms with Crippen LogP contribution in [0.3, 0.4) is 0 Å². The molecule has 0 aliphatic rings. The molecule has 0 rings (SSSR count). The fourth-order valence-corrected chi connectivity index (χ4v) is 3.69. The van der Waals surface area contributed by atoms with Crippen molar-refractivity contribution in [3.63, 3.8) is 0 Å². The minimum Gasteiger partial charge on any atom is -0.463 e. The molecule has 0 heterocycles. The van der Waals surface area contributed by atoms with Crippen molar-refractivity contribution in [3.05, 3.63) is 0 Å². The summed E-state index contributed by atoms with van der Waals surface area (Å²) in [4.78, 5) is 57.7. The zero-order chi connectivity index (χ0) is 29.3. The number of rotatable bonds is 24. The van der Waals surface area contributed by atoms with Crippen molar-refractivity contribution in [1.82, 2.24) is 0 Å². The number of carbonyl (C=O) groups is 5. The van der Waals surface area contributed by atoms with Crippen molar-refractivity contribution >= 4 is 29.8 Å². The molecule has 0 aliphatic carbocycles. The average Bonchev–Trinajstić information content (AvgIpc) is 2.92. The number of ether oxygens (including phenoxy) is 4. The van der Waals surface area contributed by atoms with Crippen molar-refractivity contribution in [2.24, 2.45) is 0 Å². The largest absolute Gasteiger partial charge is 0.463 e. The fraction of sp³-hybridized carbons (Fsp3) is 0.828. The van der Waals surface area contributed by atoms with Crippen LogP contribution in [-0.4, -0.2) is 60.4 Å². The standard InChI is InChI=1S/C29H50O10/c1-4-25(31)36-21-23(30)17-13-9-7-11-15-19-28(34)39-29(35)20-16-12-8-10-14-18-24(38-27(33)6-3)22-37-26(32)5-2/h23-24,30H,4-22H2,1-3H3. The minimum absolute atomic E-state index is 0.0315. The predicted molar refractivity (Wildman–Crippen MR) is 144 cm³/mol. The molecule has 1 N–H and O–H groups in total. The van der Waals surface area contributed by atoms with E-state index in [0.29, 0.717) is 32.1 Å². The molecule has 226 valence electrons. The zero-order valence-electron chi connectivity index (χ0n) is 24.2. The van der Waals surface area contributed by atoms with Crippen LogP contribution in [0.25, 0.3) is 0 Å². The molecule has 0 saturated heterocycles. The van der Waals surface area contributed by atoms with E-state index in [4.69, 9.17) is 18.9 Å². The molecule has 10 nitrogen and oxygen atoms in total. The molecule has 0 bridgehead atoms. The van der Waals surface area contributed by atoms with E-state index in [-0.39, 0.29) is 56.8 Å². The molecular formula is C29H50O10. The Balaban J connectivity index is 3.76. The first-order valence-corrected chi connectivity index (χ1v) is 14.6. The van der Waals surface area contributed by atoms with Crippen LogP contribution >= 0.6 is 0 Å². The van der Waals surface area contributed by atoms with Gasteiger partial charge in [-0.3, -0.25) is 24.0 Å². The monoisotopic (exact) mass is 558 g/mol. The predicted octanol–water partition coefficient (Wildman–Crippen LogP) is 5.11. The molecule has 2 atom stereocenters. The summed E-state index contributed by atoms with van der Waals surface area (Å²) in [7, 11) is 0. The Kier molecular flexibility index (Phi) is 23.0. The van der Waals surface area contributed by atoms with Crippen LogP contribution in [0.2, 0.25) is 0 Å². The third-order valence-electron chi connectivity index (χ3n) is 6.08. The molecular weight excluding hydrogens is 508 g/mol. The quantitative estimate of drug-likeness (QED) is 0.0735. The molecule has 0 saturated carbocycles. The summed E-state index contributed by atoms with van der Waals surface area (Å²) >= 11 is 0. The fourth-order valence-electron chi connectivity index (χ4n) is 3.69. The SMILES string of the molecule is CCC(=O)OCC(O)CCCCCCCC(=O)OC(=O)CCCCCCCC(COC(=O)CC)OC(=O)CC. The number of hydrogen-bond donors (Lipinski definition) is 1. The first kappa shape index (κ1) is 36.5. The lowest BCUT2D eigenvalue weighted by molar-refractivity contribution is -0.160. The van der Waals surface area contributed by atoms with Gasteiger partial charge in [-0.15, -0.1) is 0 Å². The van der Waals surface area contributed by atoms with Crippen LogP contribution in [0.4, 0.5) is 0 Å². The second kappa shape index (κ2) is 24.5. The molecule has 39 heavy (non-hydrogen) atoms. The summed E-state index contributed by atoms with van der Waals surface area (Å²) in [6.45, 7) is 5.23. The molecule has 2 unspecified atom stereocenters. The van der Waals surface area contributed by atoms with Crippen LogP contribution in [0.5, 0.6) is 0 Å². The van der Waals surface area contributed by atoms with Crippen molar-refractivity contribution in [2.45, 2.75) is 142 Å². The van der Waals surface area contributed by atoms with E-state index in [2.05, 4.69) is 0 Å². The van der Waals surface area contributed by atoms with Gasteiger partial charge in [0.25, 0.3) is 0 Å². The van der Waals surface area contributed by atoms with Crippen molar-refractivity contribution in [3.8, 4) is 0 Å². The summed E-state index contributed by atoms with van der Waals surface area (Å²) in [5, 5.41) is 9.76. The van der Waals surface area contributed by atoms with Gasteiger partial charge in [0.05, 0.1) is 6.10 Å². The lowest BCUT2D eigenvalue weighted by Crippen LogP contribution is -2.25. The van der Waals surface area contributed by atoms with E-state index >= 15 is 0 Å². The highest BCUT2D eigenvalue weighted by Crippen LogP contribution is 2.13. The Morgan fingerprint density at radius 3 is 1.49 bits per heavy atom. The van der Waals surface area contributed by atoms with Gasteiger partial charge < -0.3 is 24.1 Å². The summed E-state index contributed by atoms with van der Waals surface area (Å²) in [5.74, 6) is -1.95. The summed E-state index contributed by atoms with van der Waals surface area (Å²) in [6.07, 6.45) is 9.51. The van der Waals surface area contributed by atoms with Gasteiger partial charge in [-0.1, -0.05) is 65.7 Å². The smallest absolute Gasteiger partial charge is 0.313 e. The highest BCUT2D eigenvalue weighted by molar-refractivity contribution is 5.85. The maximum absolute atomic E-state index is 11.9. The Morgan fingerprint density at radius 1 is 0.538 bits per heavy atom. The van der Waals surface area contributed by atoms with Crippen LogP contribution in [-0.2, 0) is 42.9 Å². The van der Waals surface area contributed by atoms with Crippen LogP contribution < -0.4 is 0 Å². The number of unbranched alkanes of at least 4 members (excludes halogenated alkanes) is 8. The van der Waals surface area contributed by atoms with E-state index in [0.717, 1.165) is 51.4 Å². The molecule has 0 radical (unpaired) electrons. The molecule has 0 aromatic heterocycles. The van der Waals surface area contributed by atoms with E-state index in [9.17, 15) is 29.1 Å². The van der Waals surface area contributed by atoms with Gasteiger partial charge in [-0.2, -0.15) is 0 Å². The van der Waals surface area contributed by atoms with Gasteiger partial charge in [-0.05, 0) is 32.1 Å². The highest BCUT2D eigenvalue weighted by Gasteiger charge is 2.16. The highest BCUT2D eigenvalue weighted by atomic mass is 16.6. The Hall–Kier alpha value is -2.49. The number of esters is 5. The number of aliphatic hydroxyl groups is 1. The van der Waals surface area contributed by atoms with E-state index in [1.807, 2.05) is 0 Å². The van der Waals surface area contributed by atoms with E-state index in [1.54, 1.807) is 20.8 Å². The Bertz CT molecular complexity index is 706. The van der Waals surface area contributed by atoms with Gasteiger partial charge in [-0.25, -0.2) is 0 Å². The number of carbonyl (C=O) groups excluding carboxylic acids is 5. The minimum atomic E-state index is -0.644. The second-order valence-electron chi connectivity index (χ2n) is 9.65. The van der Waals surface area contributed by atoms with Gasteiger partial charge in [0, 0.05) is 32.1 Å². The first-order valence-electron chi connectivity index (χ1n) is 14.6. The van der Waals surface area contributed by atoms with Crippen molar-refractivity contribution in [1.29, 1.82) is 0 Å². The third-order valence-corrected chi connectivity index (χ3v) is 6.08. The molecule has 0 aromatic rings. The zero-order valence-corrected chi connectivity index (χ0v) is 24.2. The molecule has 0 aromatic carbocycles. The second-order valence-corrected chi connectivity index (χ2v) is 9.65. The lowest BCUT2D eigenvalue weighted by Gasteiger charge is -2.17. The Labute approximate surface area is 233 Å². The van der Waals surface area contributed by atoms with Crippen LogP contribution in [0.1, 0.15) is 130 Å². The number of hydrogen-bond acceptors (Lipinski definition) is 10. The van der Waals surface area contributed by atoms with Gasteiger partial charge in [0.2, 0.25) is 0 Å². The Morgan fingerprint density at radius 2 is 0.974 bits per heavy atom. The topological polar surface area (TPSA) is 143 Å². The number of aliphatic hydroxyl groups excluding tert-OH is 1. The summed E-state index contributed by atoms with van der Waals surface area (Å²) < 4.78 is 20.2. The average molecular weight is 559 g/mol. The maximum atomic E-state index is 11.9. The lowest BCUT2D eigenvalue weighted by atomic mass is 10.1. The third kappa shape index (κ3) is 23.1. The molecule has 0 amide bonds. The summed E-state index contributed by atoms with van der Waals surface area (Å²) in [5.41, 5.74) is 0. The molecule has 10 heteroatoms. The molecule has 0 aliphatic heterocycles. The van der Waals surface area contributed by atoms with Crippen molar-refractivity contribution < 1.29 is 48.0 Å². The van der Waals surface area contributed by atoms with E-state index in [1.165, 1.54) is 0 Å². The van der Waals surface area contributed by atoms with E-state index < -0.39 is 24.1 Å². The maximum Gasteiger partial charge on any atom is 0.313 e. The van der Waals surface area contributed by atoms with Crippen LogP contribution in [0.15, 0.2) is 0 Å².